The van der Waals surface area contributed by atoms with Gasteiger partial charge in [-0.2, -0.15) is 0 Å². The first-order chi connectivity index (χ1) is 13.1. The Morgan fingerprint density at radius 1 is 1.22 bits per heavy atom. The molecule has 1 aliphatic heterocycles. The third-order valence-electron chi connectivity index (χ3n) is 4.71. The van der Waals surface area contributed by atoms with Gasteiger partial charge in [-0.3, -0.25) is 9.78 Å². The number of amides is 1. The molecule has 1 aliphatic rings. The summed E-state index contributed by atoms with van der Waals surface area (Å²) in [6.07, 6.45) is 6.39. The van der Waals surface area contributed by atoms with Crippen molar-refractivity contribution in [2.75, 3.05) is 12.3 Å². The first-order valence-corrected chi connectivity index (χ1v) is 8.73. The topological polar surface area (TPSA) is 85.0 Å². The summed E-state index contributed by atoms with van der Waals surface area (Å²) < 4.78 is 13.7. The minimum absolute atomic E-state index is 0.104. The maximum atomic E-state index is 13.7. The Hall–Kier alpha value is -3.35. The number of nitrogens with two attached hydrogens (primary N) is 1. The highest BCUT2D eigenvalue weighted by Crippen LogP contribution is 2.37. The minimum atomic E-state index is -0.343. The Balaban J connectivity index is 1.76. The van der Waals surface area contributed by atoms with Gasteiger partial charge in [-0.15, -0.1) is 0 Å². The Bertz CT molecular complexity index is 979. The van der Waals surface area contributed by atoms with Crippen LogP contribution in [0.1, 0.15) is 34.9 Å². The van der Waals surface area contributed by atoms with E-state index in [-0.39, 0.29) is 23.7 Å². The van der Waals surface area contributed by atoms with Gasteiger partial charge in [-0.05, 0) is 42.7 Å². The lowest BCUT2D eigenvalue weighted by molar-refractivity contribution is 0.0733. The summed E-state index contributed by atoms with van der Waals surface area (Å²) in [5, 5.41) is 0. The molecule has 0 bridgehead atoms. The summed E-state index contributed by atoms with van der Waals surface area (Å²) in [5.74, 6) is -0.316. The molecule has 1 atom stereocenters. The SMILES string of the molecule is Nc1ncc(-c2cccc(F)c2)c([C@H]2CCCN2C(=O)c2cccnc2)n1. The van der Waals surface area contributed by atoms with Gasteiger partial charge in [0, 0.05) is 30.7 Å². The molecule has 2 aromatic heterocycles. The predicted molar refractivity (Wildman–Crippen MR) is 99.1 cm³/mol. The second-order valence-corrected chi connectivity index (χ2v) is 6.44. The van der Waals surface area contributed by atoms with Crippen molar-refractivity contribution in [3.63, 3.8) is 0 Å². The molecule has 1 saturated heterocycles. The van der Waals surface area contributed by atoms with Crippen LogP contribution >= 0.6 is 0 Å². The van der Waals surface area contributed by atoms with Crippen LogP contribution in [0.5, 0.6) is 0 Å². The number of halogens is 1. The summed E-state index contributed by atoms with van der Waals surface area (Å²) in [6, 6.07) is 9.48. The number of likely N-dealkylation sites (tertiary alicyclic amines) is 1. The van der Waals surface area contributed by atoms with Crippen LogP contribution < -0.4 is 5.73 Å². The number of hydrogen-bond donors (Lipinski definition) is 1. The maximum Gasteiger partial charge on any atom is 0.255 e. The van der Waals surface area contributed by atoms with Gasteiger partial charge in [-0.25, -0.2) is 14.4 Å². The second-order valence-electron chi connectivity index (χ2n) is 6.44. The average molecular weight is 363 g/mol. The molecule has 7 heteroatoms. The fourth-order valence-corrected chi connectivity index (χ4v) is 3.49. The molecule has 4 rings (SSSR count). The molecule has 0 saturated carbocycles. The molecule has 1 amide bonds. The van der Waals surface area contributed by atoms with E-state index in [1.54, 1.807) is 47.8 Å². The normalized spacial score (nSPS) is 16.5. The number of nitrogens with zero attached hydrogens (tertiary/aromatic N) is 4. The van der Waals surface area contributed by atoms with Crippen LogP contribution in [0.2, 0.25) is 0 Å². The van der Waals surface area contributed by atoms with E-state index in [2.05, 4.69) is 15.0 Å². The first kappa shape index (κ1) is 17.1. The number of anilines is 1. The zero-order valence-corrected chi connectivity index (χ0v) is 14.5. The maximum absolute atomic E-state index is 13.7. The van der Waals surface area contributed by atoms with E-state index in [9.17, 15) is 9.18 Å². The molecule has 1 aromatic carbocycles. The fourth-order valence-electron chi connectivity index (χ4n) is 3.49. The van der Waals surface area contributed by atoms with Crippen LogP contribution in [0.25, 0.3) is 11.1 Å². The van der Waals surface area contributed by atoms with E-state index >= 15 is 0 Å². The van der Waals surface area contributed by atoms with E-state index in [4.69, 9.17) is 5.73 Å². The van der Waals surface area contributed by atoms with Gasteiger partial charge in [0.05, 0.1) is 17.3 Å². The Morgan fingerprint density at radius 2 is 2.11 bits per heavy atom. The predicted octanol–water partition coefficient (Wildman–Crippen LogP) is 3.24. The van der Waals surface area contributed by atoms with Crippen molar-refractivity contribution in [1.29, 1.82) is 0 Å². The molecular weight excluding hydrogens is 345 g/mol. The van der Waals surface area contributed by atoms with Gasteiger partial charge < -0.3 is 10.6 Å². The van der Waals surface area contributed by atoms with Crippen molar-refractivity contribution in [1.82, 2.24) is 19.9 Å². The van der Waals surface area contributed by atoms with Crippen LogP contribution in [0, 0.1) is 5.82 Å². The molecule has 0 spiro atoms. The number of nitrogen functional groups attached to an aromatic ring is 1. The Kier molecular flexibility index (Phi) is 4.50. The number of hydrogen-bond acceptors (Lipinski definition) is 5. The van der Waals surface area contributed by atoms with Crippen LogP contribution in [0.4, 0.5) is 10.3 Å². The van der Waals surface area contributed by atoms with E-state index in [0.717, 1.165) is 12.8 Å². The zero-order chi connectivity index (χ0) is 18.8. The second kappa shape index (κ2) is 7.11. The Labute approximate surface area is 155 Å². The molecule has 2 N–H and O–H groups in total. The summed E-state index contributed by atoms with van der Waals surface area (Å²) in [4.78, 5) is 27.3. The molecule has 136 valence electrons. The largest absolute Gasteiger partial charge is 0.368 e. The first-order valence-electron chi connectivity index (χ1n) is 8.73. The van der Waals surface area contributed by atoms with Gasteiger partial charge >= 0.3 is 0 Å². The van der Waals surface area contributed by atoms with E-state index < -0.39 is 0 Å². The number of aromatic nitrogens is 3. The van der Waals surface area contributed by atoms with Crippen LogP contribution in [0.3, 0.4) is 0 Å². The Morgan fingerprint density at radius 3 is 2.89 bits per heavy atom. The lowest BCUT2D eigenvalue weighted by Gasteiger charge is -2.26. The van der Waals surface area contributed by atoms with Crippen molar-refractivity contribution in [2.45, 2.75) is 18.9 Å². The summed E-state index contributed by atoms with van der Waals surface area (Å²) in [5.41, 5.74) is 8.33. The molecule has 0 radical (unpaired) electrons. The van der Waals surface area contributed by atoms with Gasteiger partial charge in [-0.1, -0.05) is 12.1 Å². The van der Waals surface area contributed by atoms with Gasteiger partial charge in [0.25, 0.3) is 5.91 Å². The van der Waals surface area contributed by atoms with E-state index in [0.29, 0.717) is 28.9 Å². The third kappa shape index (κ3) is 3.36. The summed E-state index contributed by atoms with van der Waals surface area (Å²) in [6.45, 7) is 0.616. The highest BCUT2D eigenvalue weighted by atomic mass is 19.1. The standard InChI is InChI=1S/C20H18FN5O/c21-15-6-1-4-13(10-15)16-12-24-20(22)25-18(16)17-7-3-9-26(17)19(27)14-5-2-8-23-11-14/h1-2,4-6,8,10-12,17H,3,7,9H2,(H2,22,24,25)/t17-/m1/s1. The number of pyridine rings is 1. The summed E-state index contributed by atoms with van der Waals surface area (Å²) >= 11 is 0. The zero-order valence-electron chi connectivity index (χ0n) is 14.5. The molecule has 27 heavy (non-hydrogen) atoms. The molecular formula is C20H18FN5O. The molecule has 6 nitrogen and oxygen atoms in total. The van der Waals surface area contributed by atoms with Gasteiger partial charge in [0.2, 0.25) is 5.95 Å². The van der Waals surface area contributed by atoms with Crippen molar-refractivity contribution in [3.05, 3.63) is 72.1 Å². The summed E-state index contributed by atoms with van der Waals surface area (Å²) in [7, 11) is 0. The van der Waals surface area contributed by atoms with Crippen molar-refractivity contribution < 1.29 is 9.18 Å². The molecule has 0 aliphatic carbocycles. The van der Waals surface area contributed by atoms with Crippen molar-refractivity contribution >= 4 is 11.9 Å². The number of rotatable bonds is 3. The highest BCUT2D eigenvalue weighted by molar-refractivity contribution is 5.94. The lowest BCUT2D eigenvalue weighted by atomic mass is 9.99. The fraction of sp³-hybridized carbons (Fsp3) is 0.200. The van der Waals surface area contributed by atoms with Crippen LogP contribution in [-0.4, -0.2) is 32.3 Å². The van der Waals surface area contributed by atoms with Crippen molar-refractivity contribution in [2.24, 2.45) is 0 Å². The molecule has 0 unspecified atom stereocenters. The van der Waals surface area contributed by atoms with Crippen LogP contribution in [0.15, 0.2) is 55.0 Å². The quantitative estimate of drug-likeness (QED) is 0.772. The lowest BCUT2D eigenvalue weighted by Crippen LogP contribution is -2.31. The van der Waals surface area contributed by atoms with Crippen molar-refractivity contribution in [3.8, 4) is 11.1 Å². The molecule has 3 heterocycles. The van der Waals surface area contributed by atoms with Gasteiger partial charge in [0.15, 0.2) is 0 Å². The third-order valence-corrected chi connectivity index (χ3v) is 4.71. The smallest absolute Gasteiger partial charge is 0.255 e. The number of carbonyl (C=O) groups is 1. The van der Waals surface area contributed by atoms with Crippen LogP contribution in [-0.2, 0) is 0 Å². The number of carbonyl (C=O) groups excluding carboxylic acids is 1. The van der Waals surface area contributed by atoms with Gasteiger partial charge in [0.1, 0.15) is 5.82 Å². The molecule has 3 aromatic rings. The monoisotopic (exact) mass is 363 g/mol. The highest BCUT2D eigenvalue weighted by Gasteiger charge is 2.33. The molecule has 1 fully saturated rings. The van der Waals surface area contributed by atoms with E-state index in [1.165, 1.54) is 12.1 Å². The van der Waals surface area contributed by atoms with E-state index in [1.807, 2.05) is 0 Å². The average Bonchev–Trinajstić information content (AvgIpc) is 3.17. The number of benzene rings is 1. The minimum Gasteiger partial charge on any atom is -0.368 e.